The van der Waals surface area contributed by atoms with Crippen LogP contribution >= 0.6 is 11.6 Å². The minimum Gasteiger partial charge on any atom is -0.338 e. The maximum absolute atomic E-state index is 11.8. The van der Waals surface area contributed by atoms with Gasteiger partial charge in [0.05, 0.1) is 23.0 Å². The maximum Gasteiger partial charge on any atom is 0.317 e. The van der Waals surface area contributed by atoms with Crippen molar-refractivity contribution in [1.82, 2.24) is 25.3 Å². The van der Waals surface area contributed by atoms with Gasteiger partial charge in [0.15, 0.2) is 0 Å². The van der Waals surface area contributed by atoms with Gasteiger partial charge in [0.25, 0.3) is 0 Å². The van der Waals surface area contributed by atoms with Crippen LogP contribution in [0.4, 0.5) is 4.79 Å². The Balaban J connectivity index is 1.79. The summed E-state index contributed by atoms with van der Waals surface area (Å²) < 4.78 is 1.97. The molecule has 1 aromatic rings. The molecular formula is C16H28ClN5O. The first kappa shape index (κ1) is 18.1. The van der Waals surface area contributed by atoms with Crippen LogP contribution in [0.15, 0.2) is 0 Å². The zero-order valence-electron chi connectivity index (χ0n) is 14.5. The highest BCUT2D eigenvalue weighted by molar-refractivity contribution is 6.31. The first-order valence-corrected chi connectivity index (χ1v) is 8.78. The average molecular weight is 342 g/mol. The molecule has 1 saturated heterocycles. The number of halogens is 1. The number of aryl methyl sites for hydroxylation is 1. The lowest BCUT2D eigenvalue weighted by atomic mass is 10.0. The van der Waals surface area contributed by atoms with E-state index >= 15 is 0 Å². The molecule has 0 aliphatic carbocycles. The zero-order valence-corrected chi connectivity index (χ0v) is 15.3. The van der Waals surface area contributed by atoms with Crippen LogP contribution in [0.5, 0.6) is 0 Å². The van der Waals surface area contributed by atoms with E-state index in [0.717, 1.165) is 48.9 Å². The van der Waals surface area contributed by atoms with Crippen molar-refractivity contribution in [3.8, 4) is 0 Å². The van der Waals surface area contributed by atoms with Crippen LogP contribution in [0.2, 0.25) is 5.02 Å². The van der Waals surface area contributed by atoms with E-state index in [1.807, 2.05) is 30.4 Å². The third-order valence-electron chi connectivity index (χ3n) is 4.37. The Morgan fingerprint density at radius 1 is 1.39 bits per heavy atom. The summed E-state index contributed by atoms with van der Waals surface area (Å²) in [6.45, 7) is 11.1. The first-order chi connectivity index (χ1) is 10.9. The van der Waals surface area contributed by atoms with E-state index in [0.29, 0.717) is 18.6 Å². The Labute approximate surface area is 143 Å². The zero-order chi connectivity index (χ0) is 17.0. The Morgan fingerprint density at radius 3 is 2.57 bits per heavy atom. The van der Waals surface area contributed by atoms with Crippen molar-refractivity contribution in [3.05, 3.63) is 16.4 Å². The topological polar surface area (TPSA) is 62.2 Å². The van der Waals surface area contributed by atoms with Crippen LogP contribution in [-0.2, 0) is 6.54 Å². The molecule has 0 aromatic carbocycles. The van der Waals surface area contributed by atoms with Gasteiger partial charge in [-0.1, -0.05) is 11.6 Å². The summed E-state index contributed by atoms with van der Waals surface area (Å²) in [7, 11) is 0. The van der Waals surface area contributed by atoms with Gasteiger partial charge in [0.1, 0.15) is 0 Å². The number of likely N-dealkylation sites (tertiary alicyclic amines) is 1. The van der Waals surface area contributed by atoms with Crippen LogP contribution in [0.25, 0.3) is 0 Å². The molecule has 0 bridgehead atoms. The Hall–Kier alpha value is -1.27. The van der Waals surface area contributed by atoms with E-state index in [9.17, 15) is 4.79 Å². The molecule has 2 rings (SSSR count). The van der Waals surface area contributed by atoms with E-state index < -0.39 is 0 Å². The molecule has 1 fully saturated rings. The Morgan fingerprint density at radius 2 is 2.04 bits per heavy atom. The third-order valence-corrected chi connectivity index (χ3v) is 4.92. The minimum absolute atomic E-state index is 0.0521. The van der Waals surface area contributed by atoms with E-state index in [1.165, 1.54) is 0 Å². The molecule has 1 aromatic heterocycles. The Kier molecular flexibility index (Phi) is 6.30. The SMILES string of the molecule is CCNC(=O)N1CCC(N[C@@H](C)Cn2nc(C)c(Cl)c2C)CC1. The van der Waals surface area contributed by atoms with Crippen LogP contribution in [0, 0.1) is 13.8 Å². The van der Waals surface area contributed by atoms with Crippen molar-refractivity contribution in [2.75, 3.05) is 19.6 Å². The van der Waals surface area contributed by atoms with Crippen LogP contribution in [0.3, 0.4) is 0 Å². The molecular weight excluding hydrogens is 314 g/mol. The summed E-state index contributed by atoms with van der Waals surface area (Å²) in [4.78, 5) is 13.7. The summed E-state index contributed by atoms with van der Waals surface area (Å²) in [5, 5.41) is 11.8. The second-order valence-electron chi connectivity index (χ2n) is 6.33. The third kappa shape index (κ3) is 4.61. The fraction of sp³-hybridized carbons (Fsp3) is 0.750. The molecule has 0 radical (unpaired) electrons. The van der Waals surface area contributed by atoms with E-state index in [4.69, 9.17) is 11.6 Å². The number of piperidine rings is 1. The predicted octanol–water partition coefficient (Wildman–Crippen LogP) is 2.33. The van der Waals surface area contributed by atoms with Crippen molar-refractivity contribution in [3.63, 3.8) is 0 Å². The van der Waals surface area contributed by atoms with Gasteiger partial charge in [0, 0.05) is 31.7 Å². The maximum atomic E-state index is 11.8. The normalized spacial score (nSPS) is 17.3. The van der Waals surface area contributed by atoms with Crippen molar-refractivity contribution in [2.24, 2.45) is 0 Å². The molecule has 1 atom stereocenters. The first-order valence-electron chi connectivity index (χ1n) is 8.40. The highest BCUT2D eigenvalue weighted by Crippen LogP contribution is 2.19. The number of aromatic nitrogens is 2. The number of urea groups is 1. The summed E-state index contributed by atoms with van der Waals surface area (Å²) in [5.41, 5.74) is 1.90. The molecule has 1 aliphatic heterocycles. The van der Waals surface area contributed by atoms with Crippen LogP contribution in [0.1, 0.15) is 38.1 Å². The number of nitrogens with one attached hydrogen (secondary N) is 2. The van der Waals surface area contributed by atoms with Crippen LogP contribution in [-0.4, -0.2) is 52.4 Å². The van der Waals surface area contributed by atoms with Gasteiger partial charge >= 0.3 is 6.03 Å². The lowest BCUT2D eigenvalue weighted by Crippen LogP contribution is -2.50. The quantitative estimate of drug-likeness (QED) is 0.864. The summed E-state index contributed by atoms with van der Waals surface area (Å²) in [5.74, 6) is 0. The van der Waals surface area contributed by atoms with Gasteiger partial charge in [-0.25, -0.2) is 4.79 Å². The number of carbonyl (C=O) groups excluding carboxylic acids is 1. The van der Waals surface area contributed by atoms with Gasteiger partial charge in [-0.3, -0.25) is 4.68 Å². The van der Waals surface area contributed by atoms with Crippen molar-refractivity contribution in [2.45, 2.75) is 59.2 Å². The molecule has 2 N–H and O–H groups in total. The molecule has 7 heteroatoms. The predicted molar refractivity (Wildman–Crippen MR) is 93.0 cm³/mol. The van der Waals surface area contributed by atoms with Gasteiger partial charge in [-0.15, -0.1) is 0 Å². The number of amides is 2. The molecule has 130 valence electrons. The van der Waals surface area contributed by atoms with Gasteiger partial charge in [-0.05, 0) is 40.5 Å². The lowest BCUT2D eigenvalue weighted by molar-refractivity contribution is 0.174. The summed E-state index contributed by atoms with van der Waals surface area (Å²) in [6.07, 6.45) is 1.97. The molecule has 0 unspecified atom stereocenters. The number of rotatable bonds is 5. The standard InChI is InChI=1S/C16H28ClN5O/c1-5-18-16(23)21-8-6-14(7-9-21)19-11(2)10-22-13(4)15(17)12(3)20-22/h11,14,19H,5-10H2,1-4H3,(H,18,23)/t11-/m0/s1. The largest absolute Gasteiger partial charge is 0.338 e. The fourth-order valence-electron chi connectivity index (χ4n) is 3.08. The number of hydrogen-bond acceptors (Lipinski definition) is 3. The molecule has 1 aliphatic rings. The Bertz CT molecular complexity index is 537. The highest BCUT2D eigenvalue weighted by atomic mass is 35.5. The van der Waals surface area contributed by atoms with E-state index in [1.54, 1.807) is 0 Å². The molecule has 2 heterocycles. The monoisotopic (exact) mass is 341 g/mol. The minimum atomic E-state index is 0.0521. The number of hydrogen-bond donors (Lipinski definition) is 2. The van der Waals surface area contributed by atoms with Crippen molar-refractivity contribution < 1.29 is 4.79 Å². The second kappa shape index (κ2) is 8.02. The summed E-state index contributed by atoms with van der Waals surface area (Å²) >= 11 is 6.20. The highest BCUT2D eigenvalue weighted by Gasteiger charge is 2.23. The molecule has 0 saturated carbocycles. The average Bonchev–Trinajstić information content (AvgIpc) is 2.75. The van der Waals surface area contributed by atoms with E-state index in [2.05, 4.69) is 22.7 Å². The lowest BCUT2D eigenvalue weighted by Gasteiger charge is -2.34. The molecule has 6 nitrogen and oxygen atoms in total. The summed E-state index contributed by atoms with van der Waals surface area (Å²) in [6, 6.07) is 0.810. The smallest absolute Gasteiger partial charge is 0.317 e. The molecule has 23 heavy (non-hydrogen) atoms. The van der Waals surface area contributed by atoms with Crippen LogP contribution < -0.4 is 10.6 Å². The van der Waals surface area contributed by atoms with Gasteiger partial charge in [-0.2, -0.15) is 5.10 Å². The number of nitrogens with zero attached hydrogens (tertiary/aromatic N) is 3. The van der Waals surface area contributed by atoms with Crippen molar-refractivity contribution >= 4 is 17.6 Å². The van der Waals surface area contributed by atoms with Crippen molar-refractivity contribution in [1.29, 1.82) is 0 Å². The van der Waals surface area contributed by atoms with Gasteiger partial charge in [0.2, 0.25) is 0 Å². The fourth-order valence-corrected chi connectivity index (χ4v) is 3.21. The van der Waals surface area contributed by atoms with Gasteiger partial charge < -0.3 is 15.5 Å². The number of carbonyl (C=O) groups is 1. The molecule has 2 amide bonds. The molecule has 0 spiro atoms. The second-order valence-corrected chi connectivity index (χ2v) is 6.71. The van der Waals surface area contributed by atoms with E-state index in [-0.39, 0.29) is 6.03 Å².